The van der Waals surface area contributed by atoms with Gasteiger partial charge in [0.2, 0.25) is 0 Å². The number of carbonyl (C=O) groups is 1. The highest BCUT2D eigenvalue weighted by Crippen LogP contribution is 2.40. The summed E-state index contributed by atoms with van der Waals surface area (Å²) in [5, 5.41) is 4.34. The van der Waals surface area contributed by atoms with Gasteiger partial charge in [-0.1, -0.05) is 29.3 Å². The summed E-state index contributed by atoms with van der Waals surface area (Å²) < 4.78 is 0. The van der Waals surface area contributed by atoms with Gasteiger partial charge >= 0.3 is 0 Å². The Hall–Kier alpha value is -1.45. The van der Waals surface area contributed by atoms with Crippen molar-refractivity contribution in [3.8, 4) is 0 Å². The van der Waals surface area contributed by atoms with Crippen LogP contribution in [0.5, 0.6) is 0 Å². The number of nitrogens with one attached hydrogen (secondary N) is 2. The number of hydrogen-bond donors (Lipinski definition) is 2. The van der Waals surface area contributed by atoms with E-state index in [1.54, 1.807) is 18.3 Å². The van der Waals surface area contributed by atoms with Crippen molar-refractivity contribution < 1.29 is 4.79 Å². The molecule has 1 fully saturated rings. The zero-order valence-electron chi connectivity index (χ0n) is 10.7. The van der Waals surface area contributed by atoms with E-state index in [-0.39, 0.29) is 17.9 Å². The average molecular weight is 309 g/mol. The van der Waals surface area contributed by atoms with Crippen LogP contribution in [0.15, 0.2) is 36.5 Å². The minimum atomic E-state index is -0.0743. The molecule has 1 heterocycles. The molecule has 0 unspecified atom stereocenters. The van der Waals surface area contributed by atoms with Gasteiger partial charge in [0.1, 0.15) is 5.69 Å². The highest BCUT2D eigenvalue weighted by molar-refractivity contribution is 6.35. The molecule has 2 N–H and O–H groups in total. The average Bonchev–Trinajstić information content (AvgIpc) is 2.91. The lowest BCUT2D eigenvalue weighted by molar-refractivity contribution is 0.0900. The lowest BCUT2D eigenvalue weighted by Crippen LogP contribution is -2.45. The molecule has 1 aliphatic carbocycles. The largest absolute Gasteiger partial charge is 0.357 e. The van der Waals surface area contributed by atoms with Gasteiger partial charge in [-0.3, -0.25) is 4.79 Å². The number of hydrogen-bond acceptors (Lipinski definition) is 1. The van der Waals surface area contributed by atoms with E-state index < -0.39 is 0 Å². The second-order valence-corrected chi connectivity index (χ2v) is 5.86. The lowest BCUT2D eigenvalue weighted by Gasteiger charge is -2.38. The molecule has 20 heavy (non-hydrogen) atoms. The van der Waals surface area contributed by atoms with E-state index in [9.17, 15) is 4.79 Å². The van der Waals surface area contributed by atoms with Gasteiger partial charge in [-0.05, 0) is 42.7 Å². The van der Waals surface area contributed by atoms with Gasteiger partial charge in [-0.2, -0.15) is 0 Å². The Morgan fingerprint density at radius 2 is 2.10 bits per heavy atom. The molecule has 0 bridgehead atoms. The van der Waals surface area contributed by atoms with E-state index in [1.165, 1.54) is 0 Å². The number of H-pyrrole nitrogens is 1. The molecule has 1 aromatic carbocycles. The van der Waals surface area contributed by atoms with E-state index >= 15 is 0 Å². The van der Waals surface area contributed by atoms with Gasteiger partial charge in [0.25, 0.3) is 5.91 Å². The Balaban J connectivity index is 1.72. The maximum atomic E-state index is 12.0. The molecule has 0 radical (unpaired) electrons. The Morgan fingerprint density at radius 3 is 2.70 bits per heavy atom. The van der Waals surface area contributed by atoms with E-state index in [0.717, 1.165) is 18.4 Å². The van der Waals surface area contributed by atoms with Crippen LogP contribution in [0, 0.1) is 0 Å². The fraction of sp³-hybridized carbons (Fsp3) is 0.267. The van der Waals surface area contributed by atoms with Crippen LogP contribution in [0.25, 0.3) is 0 Å². The van der Waals surface area contributed by atoms with Crippen molar-refractivity contribution in [3.63, 3.8) is 0 Å². The standard InChI is InChI=1S/C15H14Cl2N2O/c16-9-3-4-10(12(17)8-9)11-5-6-13(11)19-15(20)14-2-1-7-18-14/h1-4,7-8,11,13,18H,5-6H2,(H,19,20)/t11-,13-/m0/s1. The third-order valence-corrected chi connectivity index (χ3v) is 4.36. The third-order valence-electron chi connectivity index (χ3n) is 3.80. The predicted molar refractivity (Wildman–Crippen MR) is 80.5 cm³/mol. The van der Waals surface area contributed by atoms with Gasteiger partial charge in [-0.15, -0.1) is 0 Å². The molecular formula is C15H14Cl2N2O. The number of amides is 1. The van der Waals surface area contributed by atoms with E-state index in [0.29, 0.717) is 15.7 Å². The molecule has 0 spiro atoms. The Labute approximate surface area is 127 Å². The SMILES string of the molecule is O=C(N[C@H]1CC[C@H]1c1ccc(Cl)cc1Cl)c1ccc[nH]1. The zero-order valence-corrected chi connectivity index (χ0v) is 12.2. The second kappa shape index (κ2) is 5.51. The van der Waals surface area contributed by atoms with Crippen molar-refractivity contribution in [2.75, 3.05) is 0 Å². The molecule has 5 heteroatoms. The van der Waals surface area contributed by atoms with Crippen LogP contribution >= 0.6 is 23.2 Å². The number of carbonyl (C=O) groups excluding carboxylic acids is 1. The van der Waals surface area contributed by atoms with Crippen molar-refractivity contribution in [1.82, 2.24) is 10.3 Å². The van der Waals surface area contributed by atoms with Crippen molar-refractivity contribution in [1.29, 1.82) is 0 Å². The molecular weight excluding hydrogens is 295 g/mol. The van der Waals surface area contributed by atoms with Crippen molar-refractivity contribution >= 4 is 29.1 Å². The quantitative estimate of drug-likeness (QED) is 0.884. The number of halogens is 2. The summed E-state index contributed by atoms with van der Waals surface area (Å²) in [5.41, 5.74) is 1.64. The summed E-state index contributed by atoms with van der Waals surface area (Å²) in [4.78, 5) is 14.9. The summed E-state index contributed by atoms with van der Waals surface area (Å²) >= 11 is 12.1. The van der Waals surface area contributed by atoms with E-state index in [2.05, 4.69) is 10.3 Å². The molecule has 0 saturated heterocycles. The summed E-state index contributed by atoms with van der Waals surface area (Å²) in [5.74, 6) is 0.188. The van der Waals surface area contributed by atoms with E-state index in [1.807, 2.05) is 18.2 Å². The monoisotopic (exact) mass is 308 g/mol. The minimum absolute atomic E-state index is 0.0743. The maximum absolute atomic E-state index is 12.0. The smallest absolute Gasteiger partial charge is 0.267 e. The van der Waals surface area contributed by atoms with Gasteiger partial charge in [0.15, 0.2) is 0 Å². The second-order valence-electron chi connectivity index (χ2n) is 5.01. The molecule has 0 aliphatic heterocycles. The summed E-state index contributed by atoms with van der Waals surface area (Å²) in [7, 11) is 0. The number of aromatic amines is 1. The molecule has 1 amide bonds. The molecule has 2 aromatic rings. The van der Waals surface area contributed by atoms with Crippen LogP contribution in [0.1, 0.15) is 34.8 Å². The van der Waals surface area contributed by atoms with Crippen molar-refractivity contribution in [2.45, 2.75) is 24.8 Å². The molecule has 1 saturated carbocycles. The predicted octanol–water partition coefficient (Wildman–Crippen LogP) is 4.00. The van der Waals surface area contributed by atoms with Gasteiger partial charge in [-0.25, -0.2) is 0 Å². The molecule has 3 rings (SSSR count). The summed E-state index contributed by atoms with van der Waals surface area (Å²) in [6, 6.07) is 9.24. The Morgan fingerprint density at radius 1 is 1.25 bits per heavy atom. The first-order chi connectivity index (χ1) is 9.65. The maximum Gasteiger partial charge on any atom is 0.267 e. The van der Waals surface area contributed by atoms with Crippen LogP contribution in [-0.4, -0.2) is 16.9 Å². The minimum Gasteiger partial charge on any atom is -0.357 e. The lowest BCUT2D eigenvalue weighted by atomic mass is 9.75. The van der Waals surface area contributed by atoms with Crippen LogP contribution in [-0.2, 0) is 0 Å². The first-order valence-electron chi connectivity index (χ1n) is 6.54. The molecule has 104 valence electrons. The highest BCUT2D eigenvalue weighted by Gasteiger charge is 2.34. The van der Waals surface area contributed by atoms with Crippen molar-refractivity contribution in [2.24, 2.45) is 0 Å². The highest BCUT2D eigenvalue weighted by atomic mass is 35.5. The Bertz CT molecular complexity index is 625. The number of benzene rings is 1. The Kier molecular flexibility index (Phi) is 3.72. The molecule has 1 aliphatic rings. The first-order valence-corrected chi connectivity index (χ1v) is 7.30. The van der Waals surface area contributed by atoms with Gasteiger partial charge in [0, 0.05) is 28.2 Å². The summed E-state index contributed by atoms with van der Waals surface area (Å²) in [6.45, 7) is 0. The first kappa shape index (κ1) is 13.5. The van der Waals surface area contributed by atoms with Crippen molar-refractivity contribution in [3.05, 3.63) is 57.8 Å². The molecule has 3 nitrogen and oxygen atoms in total. The topological polar surface area (TPSA) is 44.9 Å². The fourth-order valence-corrected chi connectivity index (χ4v) is 3.11. The fourth-order valence-electron chi connectivity index (χ4n) is 2.56. The van der Waals surface area contributed by atoms with Crippen LogP contribution in [0.4, 0.5) is 0 Å². The normalized spacial score (nSPS) is 21.3. The van der Waals surface area contributed by atoms with Crippen LogP contribution < -0.4 is 5.32 Å². The molecule has 2 atom stereocenters. The van der Waals surface area contributed by atoms with E-state index in [4.69, 9.17) is 23.2 Å². The number of aromatic nitrogens is 1. The van der Waals surface area contributed by atoms with Crippen LogP contribution in [0.3, 0.4) is 0 Å². The summed E-state index contributed by atoms with van der Waals surface area (Å²) in [6.07, 6.45) is 3.73. The van der Waals surface area contributed by atoms with Crippen LogP contribution in [0.2, 0.25) is 10.0 Å². The zero-order chi connectivity index (χ0) is 14.1. The third kappa shape index (κ3) is 2.56. The molecule has 1 aromatic heterocycles. The van der Waals surface area contributed by atoms with Gasteiger partial charge < -0.3 is 10.3 Å². The number of rotatable bonds is 3. The van der Waals surface area contributed by atoms with Gasteiger partial charge in [0.05, 0.1) is 0 Å².